The molecule has 3 rings (SSSR count). The molecule has 32 heavy (non-hydrogen) atoms. The number of anilines is 1. The molecule has 170 valence electrons. The Labute approximate surface area is 190 Å². The van der Waals surface area contributed by atoms with E-state index in [-0.39, 0.29) is 22.7 Å². The second kappa shape index (κ2) is 10.4. The summed E-state index contributed by atoms with van der Waals surface area (Å²) in [6.07, 6.45) is 0. The maximum Gasteiger partial charge on any atom is 0.286 e. The highest BCUT2D eigenvalue weighted by molar-refractivity contribution is 7.22. The number of rotatable bonds is 10. The van der Waals surface area contributed by atoms with Crippen molar-refractivity contribution in [3.63, 3.8) is 0 Å². The van der Waals surface area contributed by atoms with Crippen LogP contribution < -0.4 is 14.4 Å². The Morgan fingerprint density at radius 3 is 2.34 bits per heavy atom. The number of thiazole rings is 1. The molecule has 0 fully saturated rings. The first-order valence-electron chi connectivity index (χ1n) is 10.2. The van der Waals surface area contributed by atoms with Crippen molar-refractivity contribution in [2.24, 2.45) is 0 Å². The third-order valence-corrected chi connectivity index (χ3v) is 6.28. The van der Waals surface area contributed by atoms with Crippen molar-refractivity contribution in [2.45, 2.75) is 13.8 Å². The van der Waals surface area contributed by atoms with Crippen LogP contribution in [0.3, 0.4) is 0 Å². The monoisotopic (exact) mass is 458 g/mol. The molecule has 1 heterocycles. The van der Waals surface area contributed by atoms with Crippen LogP contribution in [0.5, 0.6) is 11.5 Å². The topological polar surface area (TPSA) is 98.0 Å². The molecule has 0 saturated heterocycles. The maximum atomic E-state index is 13.7. The number of carbonyl (C=O) groups excluding carboxylic acids is 1. The molecule has 0 aliphatic carbocycles. The van der Waals surface area contributed by atoms with Crippen LogP contribution in [0.15, 0.2) is 36.4 Å². The first kappa shape index (κ1) is 23.4. The third-order valence-electron chi connectivity index (χ3n) is 5.22. The van der Waals surface area contributed by atoms with Crippen molar-refractivity contribution >= 4 is 38.3 Å². The van der Waals surface area contributed by atoms with Gasteiger partial charge in [0.2, 0.25) is 0 Å². The van der Waals surface area contributed by atoms with Gasteiger partial charge in [0.1, 0.15) is 5.56 Å². The summed E-state index contributed by atoms with van der Waals surface area (Å²) in [5.41, 5.74) is 0.350. The van der Waals surface area contributed by atoms with E-state index in [2.05, 4.69) is 9.88 Å². The van der Waals surface area contributed by atoms with Crippen LogP contribution in [0.4, 0.5) is 10.8 Å². The van der Waals surface area contributed by atoms with E-state index >= 15 is 0 Å². The highest BCUT2D eigenvalue weighted by Gasteiger charge is 2.30. The molecule has 0 aliphatic heterocycles. The van der Waals surface area contributed by atoms with Gasteiger partial charge in [0.05, 0.1) is 35.4 Å². The van der Waals surface area contributed by atoms with Crippen molar-refractivity contribution in [3.05, 3.63) is 52.1 Å². The number of benzene rings is 2. The van der Waals surface area contributed by atoms with E-state index in [0.29, 0.717) is 18.2 Å². The van der Waals surface area contributed by atoms with Gasteiger partial charge in [0.15, 0.2) is 16.6 Å². The molecule has 1 amide bonds. The van der Waals surface area contributed by atoms with E-state index < -0.39 is 10.8 Å². The molecular weight excluding hydrogens is 432 g/mol. The summed E-state index contributed by atoms with van der Waals surface area (Å²) in [6, 6.07) is 10.2. The summed E-state index contributed by atoms with van der Waals surface area (Å²) in [7, 11) is 2.81. The van der Waals surface area contributed by atoms with E-state index in [9.17, 15) is 14.9 Å². The summed E-state index contributed by atoms with van der Waals surface area (Å²) in [6.45, 7) is 6.70. The Balaban J connectivity index is 2.09. The number of para-hydroxylation sites is 1. The van der Waals surface area contributed by atoms with Crippen LogP contribution in [0.2, 0.25) is 0 Å². The van der Waals surface area contributed by atoms with Gasteiger partial charge >= 0.3 is 0 Å². The van der Waals surface area contributed by atoms with E-state index in [0.717, 1.165) is 23.3 Å². The lowest BCUT2D eigenvalue weighted by Crippen LogP contribution is -2.39. The minimum atomic E-state index is -0.587. The number of hydrogen-bond donors (Lipinski definition) is 0. The van der Waals surface area contributed by atoms with Gasteiger partial charge in [-0.25, -0.2) is 4.98 Å². The van der Waals surface area contributed by atoms with Crippen LogP contribution in [0.25, 0.3) is 10.2 Å². The molecule has 0 N–H and O–H groups in total. The molecule has 0 bridgehead atoms. The second-order valence-electron chi connectivity index (χ2n) is 6.93. The van der Waals surface area contributed by atoms with Crippen molar-refractivity contribution in [2.75, 3.05) is 45.3 Å². The number of nitro groups is 1. The zero-order valence-corrected chi connectivity index (χ0v) is 19.3. The second-order valence-corrected chi connectivity index (χ2v) is 7.94. The minimum absolute atomic E-state index is 0.0774. The number of hydrogen-bond acceptors (Lipinski definition) is 8. The summed E-state index contributed by atoms with van der Waals surface area (Å²) in [5.74, 6) is -0.0799. The average molecular weight is 459 g/mol. The number of nitrogens with zero attached hydrogens (tertiary/aromatic N) is 4. The van der Waals surface area contributed by atoms with Crippen molar-refractivity contribution in [3.8, 4) is 11.5 Å². The van der Waals surface area contributed by atoms with E-state index in [1.165, 1.54) is 42.6 Å². The number of fused-ring (bicyclic) bond motifs is 1. The molecule has 2 aromatic carbocycles. The first-order valence-corrected chi connectivity index (χ1v) is 11.0. The average Bonchev–Trinajstić information content (AvgIpc) is 3.24. The molecule has 0 radical (unpaired) electrons. The highest BCUT2D eigenvalue weighted by atomic mass is 32.1. The SMILES string of the molecule is CCN(CC)CCN(C(=O)c1cc(OC)c(OC)cc1[N+](=O)[O-])c1nc2ccccc2s1. The normalized spacial score (nSPS) is 11.0. The van der Waals surface area contributed by atoms with Crippen molar-refractivity contribution in [1.82, 2.24) is 9.88 Å². The lowest BCUT2D eigenvalue weighted by Gasteiger charge is -2.25. The van der Waals surface area contributed by atoms with Gasteiger partial charge in [-0.05, 0) is 25.2 Å². The van der Waals surface area contributed by atoms with Crippen LogP contribution in [-0.2, 0) is 0 Å². The molecule has 0 spiro atoms. The number of carbonyl (C=O) groups is 1. The molecule has 9 nitrogen and oxygen atoms in total. The zero-order valence-electron chi connectivity index (χ0n) is 18.5. The van der Waals surface area contributed by atoms with E-state index in [4.69, 9.17) is 9.47 Å². The summed E-state index contributed by atoms with van der Waals surface area (Å²) >= 11 is 1.38. The third kappa shape index (κ3) is 4.81. The van der Waals surface area contributed by atoms with Crippen LogP contribution in [0, 0.1) is 10.1 Å². The summed E-state index contributed by atoms with van der Waals surface area (Å²) < 4.78 is 11.4. The number of ether oxygens (including phenoxy) is 2. The Morgan fingerprint density at radius 1 is 1.09 bits per heavy atom. The van der Waals surface area contributed by atoms with Crippen molar-refractivity contribution < 1.29 is 19.2 Å². The Kier molecular flexibility index (Phi) is 7.60. The molecule has 0 aliphatic rings. The molecular formula is C22H26N4O5S. The van der Waals surface area contributed by atoms with Crippen LogP contribution in [-0.4, -0.2) is 61.1 Å². The lowest BCUT2D eigenvalue weighted by atomic mass is 10.1. The molecule has 0 saturated carbocycles. The number of methoxy groups -OCH3 is 2. The molecule has 10 heteroatoms. The number of amides is 1. The zero-order chi connectivity index (χ0) is 23.3. The summed E-state index contributed by atoms with van der Waals surface area (Å²) in [4.78, 5) is 33.2. The largest absolute Gasteiger partial charge is 0.493 e. The Hall–Kier alpha value is -3.24. The smallest absolute Gasteiger partial charge is 0.286 e. The van der Waals surface area contributed by atoms with Gasteiger partial charge in [0.25, 0.3) is 11.6 Å². The Bertz CT molecular complexity index is 1080. The van der Waals surface area contributed by atoms with Gasteiger partial charge in [-0.1, -0.05) is 37.3 Å². The standard InChI is InChI=1S/C22H26N4O5S/c1-5-24(6-2)11-12-25(22-23-16-9-7-8-10-20(16)32-22)21(27)15-13-18(30-3)19(31-4)14-17(15)26(28)29/h7-10,13-14H,5-6,11-12H2,1-4H3. The quantitative estimate of drug-likeness (QED) is 0.331. The fourth-order valence-electron chi connectivity index (χ4n) is 3.38. The van der Waals surface area contributed by atoms with Gasteiger partial charge in [-0.15, -0.1) is 0 Å². The van der Waals surface area contributed by atoms with Crippen LogP contribution >= 0.6 is 11.3 Å². The van der Waals surface area contributed by atoms with Gasteiger partial charge in [-0.3, -0.25) is 19.8 Å². The predicted molar refractivity (Wildman–Crippen MR) is 125 cm³/mol. The van der Waals surface area contributed by atoms with E-state index in [1.807, 2.05) is 38.1 Å². The number of likely N-dealkylation sites (N-methyl/N-ethyl adjacent to an activating group) is 1. The fraction of sp³-hybridized carbons (Fsp3) is 0.364. The van der Waals surface area contributed by atoms with E-state index in [1.54, 1.807) is 0 Å². The first-order chi connectivity index (χ1) is 15.4. The fourth-order valence-corrected chi connectivity index (χ4v) is 4.37. The molecule has 1 aromatic heterocycles. The van der Waals surface area contributed by atoms with Crippen molar-refractivity contribution in [1.29, 1.82) is 0 Å². The predicted octanol–water partition coefficient (Wildman–Crippen LogP) is 4.21. The maximum absolute atomic E-state index is 13.7. The lowest BCUT2D eigenvalue weighted by molar-refractivity contribution is -0.385. The van der Waals surface area contributed by atoms with Gasteiger partial charge in [0, 0.05) is 19.2 Å². The van der Waals surface area contributed by atoms with Gasteiger partial charge in [-0.2, -0.15) is 0 Å². The van der Waals surface area contributed by atoms with Crippen LogP contribution in [0.1, 0.15) is 24.2 Å². The highest BCUT2D eigenvalue weighted by Crippen LogP contribution is 2.36. The number of aromatic nitrogens is 1. The molecule has 3 aromatic rings. The Morgan fingerprint density at radius 2 is 1.75 bits per heavy atom. The molecule has 0 atom stereocenters. The summed E-state index contributed by atoms with van der Waals surface area (Å²) in [5, 5.41) is 12.3. The molecule has 0 unspecified atom stereocenters. The number of nitro benzene ring substituents is 1. The van der Waals surface area contributed by atoms with Gasteiger partial charge < -0.3 is 14.4 Å². The minimum Gasteiger partial charge on any atom is -0.493 e.